The van der Waals surface area contributed by atoms with E-state index in [0.29, 0.717) is 15.9 Å². The highest BCUT2D eigenvalue weighted by Crippen LogP contribution is 2.26. The topological polar surface area (TPSA) is 63.1 Å². The van der Waals surface area contributed by atoms with Crippen LogP contribution < -0.4 is 0 Å². The van der Waals surface area contributed by atoms with Gasteiger partial charge in [-0.2, -0.15) is 0 Å². The Balaban J connectivity index is 2.80. The number of carbonyl (C=O) groups is 1. The number of carboxylic acids is 1. The number of aromatic nitrogens is 2. The summed E-state index contributed by atoms with van der Waals surface area (Å²) in [5, 5.41) is 17.1. The molecule has 6 heteroatoms. The third-order valence-electron chi connectivity index (χ3n) is 1.86. The average molecular weight is 243 g/mol. The molecule has 2 aromatic rings. The molecular formula is C9H4Cl2N2O2. The number of hydrogen-bond acceptors (Lipinski definition) is 3. The quantitative estimate of drug-likeness (QED) is 0.836. The van der Waals surface area contributed by atoms with Crippen molar-refractivity contribution in [2.75, 3.05) is 0 Å². The van der Waals surface area contributed by atoms with Gasteiger partial charge in [0, 0.05) is 10.4 Å². The van der Waals surface area contributed by atoms with Crippen LogP contribution in [0.3, 0.4) is 0 Å². The third-order valence-corrected chi connectivity index (χ3v) is 2.48. The second kappa shape index (κ2) is 3.64. The van der Waals surface area contributed by atoms with Crippen molar-refractivity contribution in [1.29, 1.82) is 0 Å². The first kappa shape index (κ1) is 10.1. The van der Waals surface area contributed by atoms with E-state index < -0.39 is 5.97 Å². The van der Waals surface area contributed by atoms with Gasteiger partial charge in [-0.25, -0.2) is 4.79 Å². The van der Waals surface area contributed by atoms with Gasteiger partial charge in [-0.05, 0) is 18.2 Å². The molecule has 0 aliphatic carbocycles. The van der Waals surface area contributed by atoms with Gasteiger partial charge in [0.25, 0.3) is 0 Å². The highest BCUT2D eigenvalue weighted by atomic mass is 35.5. The van der Waals surface area contributed by atoms with E-state index in [9.17, 15) is 4.79 Å². The summed E-state index contributed by atoms with van der Waals surface area (Å²) in [6.45, 7) is 0. The van der Waals surface area contributed by atoms with Gasteiger partial charge in [-0.1, -0.05) is 23.2 Å². The molecule has 0 aliphatic heterocycles. The smallest absolute Gasteiger partial charge is 0.358 e. The maximum Gasteiger partial charge on any atom is 0.358 e. The highest BCUT2D eigenvalue weighted by molar-refractivity contribution is 6.38. The van der Waals surface area contributed by atoms with E-state index in [1.807, 2.05) is 0 Å². The lowest BCUT2D eigenvalue weighted by molar-refractivity contribution is 0.0689. The molecule has 0 bridgehead atoms. The molecule has 76 valence electrons. The number of carboxylic acid groups (broad SMARTS) is 1. The second-order valence-corrected chi connectivity index (χ2v) is 3.64. The normalized spacial score (nSPS) is 10.5. The number of fused-ring (bicyclic) bond motifs is 1. The lowest BCUT2D eigenvalue weighted by atomic mass is 10.2. The van der Waals surface area contributed by atoms with Crippen LogP contribution in [0.4, 0.5) is 0 Å². The zero-order valence-corrected chi connectivity index (χ0v) is 8.75. The standard InChI is InChI=1S/C9H4Cl2N2O2/c10-4-1-2-5-6(3-4)12-13-8(7(5)11)9(14)15/h1-3H,(H,14,15). The molecule has 15 heavy (non-hydrogen) atoms. The number of rotatable bonds is 1. The van der Waals surface area contributed by atoms with Gasteiger partial charge in [-0.15, -0.1) is 10.2 Å². The Hall–Kier alpha value is -1.39. The summed E-state index contributed by atoms with van der Waals surface area (Å²) in [5.41, 5.74) is 0.212. The number of aromatic carboxylic acids is 1. The fourth-order valence-electron chi connectivity index (χ4n) is 1.19. The van der Waals surface area contributed by atoms with Crippen LogP contribution in [0.25, 0.3) is 10.9 Å². The van der Waals surface area contributed by atoms with E-state index in [-0.39, 0.29) is 10.7 Å². The first-order valence-corrected chi connectivity index (χ1v) is 4.70. The van der Waals surface area contributed by atoms with Crippen molar-refractivity contribution < 1.29 is 9.90 Å². The van der Waals surface area contributed by atoms with E-state index in [1.165, 1.54) is 0 Å². The van der Waals surface area contributed by atoms with Crippen molar-refractivity contribution in [2.24, 2.45) is 0 Å². The Morgan fingerprint density at radius 2 is 2.00 bits per heavy atom. The van der Waals surface area contributed by atoms with Gasteiger partial charge in [0.05, 0.1) is 10.5 Å². The monoisotopic (exact) mass is 242 g/mol. The summed E-state index contributed by atoms with van der Waals surface area (Å²) in [6.07, 6.45) is 0. The van der Waals surface area contributed by atoms with Crippen molar-refractivity contribution >= 4 is 40.1 Å². The van der Waals surface area contributed by atoms with Crippen LogP contribution in [0.2, 0.25) is 10.0 Å². The van der Waals surface area contributed by atoms with Crippen molar-refractivity contribution in [3.63, 3.8) is 0 Å². The molecule has 0 saturated heterocycles. The molecule has 0 saturated carbocycles. The molecule has 4 nitrogen and oxygen atoms in total. The predicted octanol–water partition coefficient (Wildman–Crippen LogP) is 2.63. The average Bonchev–Trinajstić information content (AvgIpc) is 2.17. The number of benzene rings is 1. The molecule has 0 spiro atoms. The van der Waals surface area contributed by atoms with Gasteiger partial charge in [-0.3, -0.25) is 0 Å². The third kappa shape index (κ3) is 1.73. The number of hydrogen-bond donors (Lipinski definition) is 1. The molecule has 0 fully saturated rings. The summed E-state index contributed by atoms with van der Waals surface area (Å²) in [7, 11) is 0. The van der Waals surface area contributed by atoms with Crippen molar-refractivity contribution in [2.45, 2.75) is 0 Å². The Bertz CT molecular complexity index is 557. The molecule has 1 aromatic carbocycles. The van der Waals surface area contributed by atoms with Crippen LogP contribution >= 0.6 is 23.2 Å². The Labute approximate surface area is 94.4 Å². The Kier molecular flexibility index (Phi) is 2.46. The van der Waals surface area contributed by atoms with Gasteiger partial charge < -0.3 is 5.11 Å². The molecule has 1 N–H and O–H groups in total. The molecule has 0 atom stereocenters. The SMILES string of the molecule is O=C(O)c1nnc2cc(Cl)ccc2c1Cl. The first-order valence-electron chi connectivity index (χ1n) is 3.94. The van der Waals surface area contributed by atoms with Crippen LogP contribution in [0.15, 0.2) is 18.2 Å². The highest BCUT2D eigenvalue weighted by Gasteiger charge is 2.14. The van der Waals surface area contributed by atoms with Crippen LogP contribution in [0.1, 0.15) is 10.5 Å². The summed E-state index contributed by atoms with van der Waals surface area (Å²) in [6, 6.07) is 4.80. The maximum atomic E-state index is 10.7. The predicted molar refractivity (Wildman–Crippen MR) is 56.5 cm³/mol. The number of nitrogens with zero attached hydrogens (tertiary/aromatic N) is 2. The summed E-state index contributed by atoms with van der Waals surface area (Å²) >= 11 is 11.6. The molecule has 0 amide bonds. The van der Waals surface area contributed by atoms with Crippen LogP contribution in [-0.2, 0) is 0 Å². The minimum Gasteiger partial charge on any atom is -0.476 e. The zero-order valence-electron chi connectivity index (χ0n) is 7.24. The van der Waals surface area contributed by atoms with Gasteiger partial charge in [0.1, 0.15) is 0 Å². The maximum absolute atomic E-state index is 10.7. The van der Waals surface area contributed by atoms with Crippen molar-refractivity contribution in [3.05, 3.63) is 33.9 Å². The molecule has 0 unspecified atom stereocenters. The summed E-state index contributed by atoms with van der Waals surface area (Å²) < 4.78 is 0. The van der Waals surface area contributed by atoms with Crippen LogP contribution in [-0.4, -0.2) is 21.3 Å². The van der Waals surface area contributed by atoms with Crippen molar-refractivity contribution in [3.8, 4) is 0 Å². The zero-order chi connectivity index (χ0) is 11.0. The van der Waals surface area contributed by atoms with E-state index in [1.54, 1.807) is 18.2 Å². The van der Waals surface area contributed by atoms with Crippen molar-refractivity contribution in [1.82, 2.24) is 10.2 Å². The second-order valence-electron chi connectivity index (χ2n) is 2.83. The summed E-state index contributed by atoms with van der Waals surface area (Å²) in [5.74, 6) is -1.20. The molecule has 0 radical (unpaired) electrons. The van der Waals surface area contributed by atoms with E-state index in [4.69, 9.17) is 28.3 Å². The fraction of sp³-hybridized carbons (Fsp3) is 0. The first-order chi connectivity index (χ1) is 7.09. The molecule has 1 heterocycles. The Morgan fingerprint density at radius 3 is 2.67 bits per heavy atom. The molecule has 1 aromatic heterocycles. The molecule has 0 aliphatic rings. The van der Waals surface area contributed by atoms with E-state index >= 15 is 0 Å². The minimum absolute atomic E-state index is 0.0733. The fourth-order valence-corrected chi connectivity index (χ4v) is 1.63. The molecular weight excluding hydrogens is 239 g/mol. The van der Waals surface area contributed by atoms with Crippen LogP contribution in [0.5, 0.6) is 0 Å². The summed E-state index contributed by atoms with van der Waals surface area (Å²) in [4.78, 5) is 10.7. The largest absolute Gasteiger partial charge is 0.476 e. The lowest BCUT2D eigenvalue weighted by Crippen LogP contribution is -2.03. The minimum atomic E-state index is -1.20. The Morgan fingerprint density at radius 1 is 1.27 bits per heavy atom. The molecule has 2 rings (SSSR count). The number of halogens is 2. The van der Waals surface area contributed by atoms with Gasteiger partial charge in [0.15, 0.2) is 5.69 Å². The van der Waals surface area contributed by atoms with Gasteiger partial charge >= 0.3 is 5.97 Å². The van der Waals surface area contributed by atoms with E-state index in [2.05, 4.69) is 10.2 Å². The van der Waals surface area contributed by atoms with Gasteiger partial charge in [0.2, 0.25) is 0 Å². The van der Waals surface area contributed by atoms with Crippen LogP contribution in [0, 0.1) is 0 Å². The van der Waals surface area contributed by atoms with E-state index in [0.717, 1.165) is 0 Å². The lowest BCUT2D eigenvalue weighted by Gasteiger charge is -2.01.